The second-order valence-electron chi connectivity index (χ2n) is 6.52. The lowest BCUT2D eigenvalue weighted by atomic mass is 10.1. The Hall–Kier alpha value is -2.84. The fourth-order valence-corrected chi connectivity index (χ4v) is 3.54. The van der Waals surface area contributed by atoms with Crippen LogP contribution in [0.4, 0.5) is 4.79 Å². The van der Waals surface area contributed by atoms with E-state index >= 15 is 0 Å². The van der Waals surface area contributed by atoms with Crippen LogP contribution in [-0.2, 0) is 22.3 Å². The van der Waals surface area contributed by atoms with Gasteiger partial charge in [0.25, 0.3) is 0 Å². The topological polar surface area (TPSA) is 100 Å². The molecule has 0 radical (unpaired) electrons. The van der Waals surface area contributed by atoms with E-state index in [2.05, 4.69) is 15.4 Å². The van der Waals surface area contributed by atoms with E-state index in [1.165, 1.54) is 7.05 Å². The molecule has 0 aliphatic heterocycles. The van der Waals surface area contributed by atoms with Gasteiger partial charge in [-0.25, -0.2) is 17.9 Å². The molecular weight excluding hydrogens is 378 g/mol. The third kappa shape index (κ3) is 5.11. The lowest BCUT2D eigenvalue weighted by Crippen LogP contribution is -2.36. The first-order valence-electron chi connectivity index (χ1n) is 8.88. The van der Waals surface area contributed by atoms with Gasteiger partial charge in [0.15, 0.2) is 0 Å². The fraction of sp³-hybridized carbons (Fsp3) is 0.250. The van der Waals surface area contributed by atoms with Crippen LogP contribution in [0.2, 0.25) is 0 Å². The molecule has 3 rings (SSSR count). The minimum absolute atomic E-state index is 0.0767. The predicted molar refractivity (Wildman–Crippen MR) is 108 cm³/mol. The summed E-state index contributed by atoms with van der Waals surface area (Å²) in [5, 5.41) is 6.63. The largest absolute Gasteiger partial charge is 0.459 e. The molecule has 0 aliphatic rings. The zero-order chi connectivity index (χ0) is 20.1. The minimum Gasteiger partial charge on any atom is -0.459 e. The molecule has 2 aromatic carbocycles. The Balaban J connectivity index is 1.52. The van der Waals surface area contributed by atoms with Crippen molar-refractivity contribution in [2.75, 3.05) is 7.05 Å². The van der Waals surface area contributed by atoms with E-state index in [1.807, 2.05) is 37.3 Å². The molecule has 7 nitrogen and oxygen atoms in total. The second kappa shape index (κ2) is 8.45. The van der Waals surface area contributed by atoms with Crippen molar-refractivity contribution in [2.45, 2.75) is 25.3 Å². The summed E-state index contributed by atoms with van der Waals surface area (Å²) in [5.41, 5.74) is 2.34. The number of para-hydroxylation sites is 1. The number of sulfonamides is 1. The molecular formula is C20H23N3O4S. The third-order valence-corrected chi connectivity index (χ3v) is 5.70. The van der Waals surface area contributed by atoms with Crippen molar-refractivity contribution in [3.8, 4) is 0 Å². The van der Waals surface area contributed by atoms with Gasteiger partial charge in [0.2, 0.25) is 10.0 Å². The van der Waals surface area contributed by atoms with Crippen LogP contribution in [0, 0.1) is 0 Å². The average molecular weight is 401 g/mol. The molecule has 1 heterocycles. The summed E-state index contributed by atoms with van der Waals surface area (Å²) in [4.78, 5) is 12.2. The highest BCUT2D eigenvalue weighted by molar-refractivity contribution is 7.88. The number of fused-ring (bicyclic) bond motifs is 1. The van der Waals surface area contributed by atoms with Gasteiger partial charge in [-0.3, -0.25) is 0 Å². The van der Waals surface area contributed by atoms with Crippen molar-refractivity contribution >= 4 is 27.0 Å². The molecule has 0 spiro atoms. The maximum atomic E-state index is 12.2. The van der Waals surface area contributed by atoms with E-state index in [0.717, 1.165) is 16.5 Å². The Morgan fingerprint density at radius 3 is 2.43 bits per heavy atom. The van der Waals surface area contributed by atoms with Crippen LogP contribution in [0.3, 0.4) is 0 Å². The summed E-state index contributed by atoms with van der Waals surface area (Å²) in [5.74, 6) is 0.610. The van der Waals surface area contributed by atoms with Crippen LogP contribution < -0.4 is 15.4 Å². The van der Waals surface area contributed by atoms with Crippen LogP contribution in [0.1, 0.15) is 29.9 Å². The molecule has 0 saturated heterocycles. The number of urea groups is 1. The zero-order valence-corrected chi connectivity index (χ0v) is 16.5. The van der Waals surface area contributed by atoms with Crippen LogP contribution in [0.25, 0.3) is 11.0 Å². The van der Waals surface area contributed by atoms with Crippen LogP contribution >= 0.6 is 0 Å². The third-order valence-electron chi connectivity index (χ3n) is 4.36. The van der Waals surface area contributed by atoms with E-state index in [-0.39, 0.29) is 17.8 Å². The van der Waals surface area contributed by atoms with Gasteiger partial charge < -0.3 is 15.1 Å². The quantitative estimate of drug-likeness (QED) is 0.566. The molecule has 0 fully saturated rings. The molecule has 0 bridgehead atoms. The smallest absolute Gasteiger partial charge is 0.315 e. The van der Waals surface area contributed by atoms with Gasteiger partial charge in [-0.1, -0.05) is 42.5 Å². The minimum atomic E-state index is -3.30. The maximum absolute atomic E-state index is 12.2. The number of carbonyl (C=O) groups excluding carboxylic acids is 1. The van der Waals surface area contributed by atoms with E-state index in [1.54, 1.807) is 24.3 Å². The second-order valence-corrected chi connectivity index (χ2v) is 8.44. The Morgan fingerprint density at radius 2 is 1.75 bits per heavy atom. The SMILES string of the molecule is CNS(=O)(=O)Cc1ccc(CNC(=O)NC(C)c2cc3ccccc3o2)cc1. The van der Waals surface area contributed by atoms with Gasteiger partial charge in [0, 0.05) is 11.9 Å². The predicted octanol–water partition coefficient (Wildman–Crippen LogP) is 3.04. The van der Waals surface area contributed by atoms with Crippen molar-refractivity contribution in [2.24, 2.45) is 0 Å². The van der Waals surface area contributed by atoms with Crippen LogP contribution in [-0.4, -0.2) is 21.5 Å². The van der Waals surface area contributed by atoms with Crippen LogP contribution in [0.5, 0.6) is 0 Å². The number of hydrogen-bond acceptors (Lipinski definition) is 4. The molecule has 8 heteroatoms. The summed E-state index contributed by atoms with van der Waals surface area (Å²) < 4.78 is 31.2. The van der Waals surface area contributed by atoms with Crippen molar-refractivity contribution in [1.82, 2.24) is 15.4 Å². The van der Waals surface area contributed by atoms with Crippen molar-refractivity contribution < 1.29 is 17.6 Å². The summed E-state index contributed by atoms with van der Waals surface area (Å²) in [7, 11) is -1.91. The standard InChI is InChI=1S/C20H23N3O4S/c1-14(19-11-17-5-3-4-6-18(17)27-19)23-20(24)22-12-15-7-9-16(10-8-15)13-28(25,26)21-2/h3-11,14,21H,12-13H2,1-2H3,(H2,22,23,24). The molecule has 1 aromatic heterocycles. The number of furan rings is 1. The average Bonchev–Trinajstić information content (AvgIpc) is 3.12. The normalized spacial score (nSPS) is 12.6. The number of benzene rings is 2. The lowest BCUT2D eigenvalue weighted by Gasteiger charge is -2.12. The first-order valence-corrected chi connectivity index (χ1v) is 10.5. The first-order chi connectivity index (χ1) is 13.4. The highest BCUT2D eigenvalue weighted by Crippen LogP contribution is 2.23. The van der Waals surface area contributed by atoms with E-state index in [0.29, 0.717) is 17.9 Å². The first kappa shape index (κ1) is 19.9. The van der Waals surface area contributed by atoms with Crippen molar-refractivity contribution in [1.29, 1.82) is 0 Å². The van der Waals surface area contributed by atoms with E-state index < -0.39 is 10.0 Å². The molecule has 1 atom stereocenters. The van der Waals surface area contributed by atoms with Gasteiger partial charge in [0.05, 0.1) is 11.8 Å². The summed E-state index contributed by atoms with van der Waals surface area (Å²) >= 11 is 0. The summed E-state index contributed by atoms with van der Waals surface area (Å²) in [6.07, 6.45) is 0. The summed E-state index contributed by atoms with van der Waals surface area (Å²) in [6.45, 7) is 2.19. The van der Waals surface area contributed by atoms with Gasteiger partial charge in [0.1, 0.15) is 11.3 Å². The van der Waals surface area contributed by atoms with Gasteiger partial charge in [-0.2, -0.15) is 0 Å². The molecule has 28 heavy (non-hydrogen) atoms. The number of rotatable bonds is 7. The maximum Gasteiger partial charge on any atom is 0.315 e. The molecule has 148 valence electrons. The Bertz CT molecular complexity index is 1030. The van der Waals surface area contributed by atoms with Gasteiger partial charge in [-0.15, -0.1) is 0 Å². The Labute approximate surface area is 164 Å². The monoisotopic (exact) mass is 401 g/mol. The van der Waals surface area contributed by atoms with Gasteiger partial charge >= 0.3 is 6.03 Å². The Morgan fingerprint density at radius 1 is 1.07 bits per heavy atom. The Kier molecular flexibility index (Phi) is 6.01. The number of carbonyl (C=O) groups is 1. The van der Waals surface area contributed by atoms with Crippen molar-refractivity contribution in [3.63, 3.8) is 0 Å². The highest BCUT2D eigenvalue weighted by Gasteiger charge is 2.14. The van der Waals surface area contributed by atoms with Crippen molar-refractivity contribution in [3.05, 3.63) is 71.5 Å². The summed E-state index contributed by atoms with van der Waals surface area (Å²) in [6, 6.07) is 16.1. The molecule has 0 aliphatic carbocycles. The molecule has 3 N–H and O–H groups in total. The van der Waals surface area contributed by atoms with Crippen LogP contribution in [0.15, 0.2) is 59.0 Å². The molecule has 0 saturated carbocycles. The zero-order valence-electron chi connectivity index (χ0n) is 15.7. The molecule has 1 unspecified atom stereocenters. The fourth-order valence-electron chi connectivity index (χ4n) is 2.76. The molecule has 3 aromatic rings. The van der Waals surface area contributed by atoms with Gasteiger partial charge in [-0.05, 0) is 37.2 Å². The highest BCUT2D eigenvalue weighted by atomic mass is 32.2. The molecule has 2 amide bonds. The van der Waals surface area contributed by atoms with E-state index in [9.17, 15) is 13.2 Å². The number of amides is 2. The lowest BCUT2D eigenvalue weighted by molar-refractivity contribution is 0.236. The van der Waals surface area contributed by atoms with E-state index in [4.69, 9.17) is 4.42 Å². The number of nitrogens with one attached hydrogen (secondary N) is 3. The number of hydrogen-bond donors (Lipinski definition) is 3.